The SMILES string of the molecule is COC(=O)C1CNCCC1NC(=O)c1ccc(-n2ccnc2)nn1. The van der Waals surface area contributed by atoms with Gasteiger partial charge in [0.25, 0.3) is 5.91 Å². The van der Waals surface area contributed by atoms with Crippen molar-refractivity contribution in [1.82, 2.24) is 30.4 Å². The summed E-state index contributed by atoms with van der Waals surface area (Å²) in [5, 5.41) is 13.9. The maximum absolute atomic E-state index is 12.4. The number of amides is 1. The molecule has 3 rings (SSSR count). The lowest BCUT2D eigenvalue weighted by Crippen LogP contribution is -2.52. The highest BCUT2D eigenvalue weighted by molar-refractivity contribution is 5.92. The first-order chi connectivity index (χ1) is 11.7. The summed E-state index contributed by atoms with van der Waals surface area (Å²) in [6, 6.07) is 2.98. The molecule has 2 atom stereocenters. The number of carbonyl (C=O) groups is 2. The van der Waals surface area contributed by atoms with E-state index in [-0.39, 0.29) is 23.6 Å². The van der Waals surface area contributed by atoms with Gasteiger partial charge in [-0.25, -0.2) is 4.98 Å². The zero-order chi connectivity index (χ0) is 16.9. The van der Waals surface area contributed by atoms with Crippen molar-refractivity contribution in [2.24, 2.45) is 5.92 Å². The smallest absolute Gasteiger partial charge is 0.312 e. The van der Waals surface area contributed by atoms with Crippen molar-refractivity contribution in [1.29, 1.82) is 0 Å². The molecular weight excluding hydrogens is 312 g/mol. The number of hydrogen-bond acceptors (Lipinski definition) is 7. The number of nitrogens with one attached hydrogen (secondary N) is 2. The summed E-state index contributed by atoms with van der Waals surface area (Å²) < 4.78 is 6.49. The van der Waals surface area contributed by atoms with Crippen molar-refractivity contribution in [3.63, 3.8) is 0 Å². The Morgan fingerprint density at radius 2 is 2.25 bits per heavy atom. The standard InChI is InChI=1S/C15H18N6O3/c1-24-15(23)10-8-16-5-4-11(10)18-14(22)12-2-3-13(20-19-12)21-7-6-17-9-21/h2-3,6-7,9-11,16H,4-5,8H2,1H3,(H,18,22). The molecule has 0 bridgehead atoms. The molecule has 126 valence electrons. The van der Waals surface area contributed by atoms with E-state index < -0.39 is 5.92 Å². The molecule has 1 fully saturated rings. The van der Waals surface area contributed by atoms with Gasteiger partial charge in [-0.3, -0.25) is 14.2 Å². The van der Waals surface area contributed by atoms with Gasteiger partial charge in [0.2, 0.25) is 0 Å². The van der Waals surface area contributed by atoms with Gasteiger partial charge in [0, 0.05) is 25.0 Å². The van der Waals surface area contributed by atoms with E-state index in [1.165, 1.54) is 7.11 Å². The minimum atomic E-state index is -0.411. The molecule has 2 aromatic rings. The number of carbonyl (C=O) groups excluding carboxylic acids is 2. The van der Waals surface area contributed by atoms with Crippen LogP contribution in [-0.4, -0.2) is 57.9 Å². The number of hydrogen-bond donors (Lipinski definition) is 2. The summed E-state index contributed by atoms with van der Waals surface area (Å²) in [4.78, 5) is 28.1. The Morgan fingerprint density at radius 1 is 1.38 bits per heavy atom. The van der Waals surface area contributed by atoms with E-state index in [4.69, 9.17) is 4.74 Å². The second-order valence-corrected chi connectivity index (χ2v) is 5.45. The van der Waals surface area contributed by atoms with Crippen molar-refractivity contribution in [3.05, 3.63) is 36.5 Å². The number of rotatable bonds is 4. The van der Waals surface area contributed by atoms with E-state index in [9.17, 15) is 9.59 Å². The van der Waals surface area contributed by atoms with Gasteiger partial charge in [-0.15, -0.1) is 10.2 Å². The number of ether oxygens (including phenoxy) is 1. The molecule has 1 amide bonds. The van der Waals surface area contributed by atoms with Crippen molar-refractivity contribution >= 4 is 11.9 Å². The molecule has 2 aromatic heterocycles. The fourth-order valence-electron chi connectivity index (χ4n) is 2.65. The van der Waals surface area contributed by atoms with Crippen LogP contribution in [0.5, 0.6) is 0 Å². The third-order valence-corrected chi connectivity index (χ3v) is 3.95. The monoisotopic (exact) mass is 330 g/mol. The number of aromatic nitrogens is 4. The Morgan fingerprint density at radius 3 is 2.92 bits per heavy atom. The van der Waals surface area contributed by atoms with E-state index in [0.717, 1.165) is 6.54 Å². The Hall–Kier alpha value is -2.81. The number of nitrogens with zero attached hydrogens (tertiary/aromatic N) is 4. The largest absolute Gasteiger partial charge is 0.469 e. The highest BCUT2D eigenvalue weighted by Gasteiger charge is 2.33. The molecule has 9 nitrogen and oxygen atoms in total. The maximum atomic E-state index is 12.4. The molecule has 0 aromatic carbocycles. The average molecular weight is 330 g/mol. The lowest BCUT2D eigenvalue weighted by molar-refractivity contribution is -0.146. The van der Waals surface area contributed by atoms with Gasteiger partial charge >= 0.3 is 5.97 Å². The molecule has 0 radical (unpaired) electrons. The number of piperidine rings is 1. The Balaban J connectivity index is 1.68. The van der Waals surface area contributed by atoms with Crippen LogP contribution in [0.3, 0.4) is 0 Å². The third-order valence-electron chi connectivity index (χ3n) is 3.95. The molecule has 1 aliphatic heterocycles. The number of esters is 1. The zero-order valence-corrected chi connectivity index (χ0v) is 13.2. The average Bonchev–Trinajstić information content (AvgIpc) is 3.16. The van der Waals surface area contributed by atoms with Crippen LogP contribution in [0.2, 0.25) is 0 Å². The van der Waals surface area contributed by atoms with Crippen molar-refractivity contribution in [2.75, 3.05) is 20.2 Å². The molecular formula is C15H18N6O3. The van der Waals surface area contributed by atoms with E-state index >= 15 is 0 Å². The van der Waals surface area contributed by atoms with E-state index in [1.54, 1.807) is 35.4 Å². The van der Waals surface area contributed by atoms with Gasteiger partial charge in [-0.1, -0.05) is 0 Å². The van der Waals surface area contributed by atoms with Crippen LogP contribution in [-0.2, 0) is 9.53 Å². The van der Waals surface area contributed by atoms with Crippen molar-refractivity contribution < 1.29 is 14.3 Å². The fourth-order valence-corrected chi connectivity index (χ4v) is 2.65. The summed E-state index contributed by atoms with van der Waals surface area (Å²) in [7, 11) is 1.34. The molecule has 0 aliphatic carbocycles. The van der Waals surface area contributed by atoms with Crippen molar-refractivity contribution in [2.45, 2.75) is 12.5 Å². The topological polar surface area (TPSA) is 111 Å². The molecule has 0 spiro atoms. The summed E-state index contributed by atoms with van der Waals surface area (Å²) in [6.45, 7) is 1.20. The van der Waals surface area contributed by atoms with Crippen LogP contribution in [0.1, 0.15) is 16.9 Å². The molecule has 2 unspecified atom stereocenters. The minimum Gasteiger partial charge on any atom is -0.469 e. The van der Waals surface area contributed by atoms with Gasteiger partial charge in [0.1, 0.15) is 6.33 Å². The van der Waals surface area contributed by atoms with Crippen LogP contribution >= 0.6 is 0 Å². The fraction of sp³-hybridized carbons (Fsp3) is 0.400. The quantitative estimate of drug-likeness (QED) is 0.730. The zero-order valence-electron chi connectivity index (χ0n) is 13.2. The van der Waals surface area contributed by atoms with Crippen LogP contribution in [0.15, 0.2) is 30.9 Å². The molecule has 1 saturated heterocycles. The maximum Gasteiger partial charge on any atom is 0.312 e. The van der Waals surface area contributed by atoms with Gasteiger partial charge in [-0.05, 0) is 25.1 Å². The summed E-state index contributed by atoms with van der Waals surface area (Å²) >= 11 is 0. The van der Waals surface area contributed by atoms with Crippen LogP contribution in [0, 0.1) is 5.92 Å². The van der Waals surface area contributed by atoms with Crippen molar-refractivity contribution in [3.8, 4) is 5.82 Å². The predicted molar refractivity (Wildman–Crippen MR) is 83.4 cm³/mol. The summed E-state index contributed by atoms with van der Waals surface area (Å²) in [5.74, 6) is -0.543. The lowest BCUT2D eigenvalue weighted by atomic mass is 9.93. The molecule has 1 aliphatic rings. The van der Waals surface area contributed by atoms with Gasteiger partial charge in [0.05, 0.1) is 13.0 Å². The van der Waals surface area contributed by atoms with Gasteiger partial charge in [0.15, 0.2) is 11.5 Å². The molecule has 3 heterocycles. The molecule has 2 N–H and O–H groups in total. The van der Waals surface area contributed by atoms with Gasteiger partial charge in [-0.2, -0.15) is 0 Å². The van der Waals surface area contributed by atoms with Crippen LogP contribution in [0.4, 0.5) is 0 Å². The molecule has 0 saturated carbocycles. The predicted octanol–water partition coefficient (Wildman–Crippen LogP) is -0.457. The third kappa shape index (κ3) is 3.40. The lowest BCUT2D eigenvalue weighted by Gasteiger charge is -2.30. The van der Waals surface area contributed by atoms with Crippen LogP contribution < -0.4 is 10.6 Å². The Kier molecular flexibility index (Phi) is 4.80. The highest BCUT2D eigenvalue weighted by atomic mass is 16.5. The van der Waals surface area contributed by atoms with E-state index in [2.05, 4.69) is 25.8 Å². The second kappa shape index (κ2) is 7.18. The summed E-state index contributed by atoms with van der Waals surface area (Å²) in [5.41, 5.74) is 0.195. The van der Waals surface area contributed by atoms with E-state index in [0.29, 0.717) is 18.8 Å². The first-order valence-corrected chi connectivity index (χ1v) is 7.60. The normalized spacial score (nSPS) is 20.4. The Bertz CT molecular complexity index is 701. The summed E-state index contributed by atoms with van der Waals surface area (Å²) in [6.07, 6.45) is 5.61. The van der Waals surface area contributed by atoms with Gasteiger partial charge < -0.3 is 15.4 Å². The minimum absolute atomic E-state index is 0.195. The van der Waals surface area contributed by atoms with Crippen LogP contribution in [0.25, 0.3) is 5.82 Å². The highest BCUT2D eigenvalue weighted by Crippen LogP contribution is 2.14. The first-order valence-electron chi connectivity index (χ1n) is 7.60. The molecule has 9 heteroatoms. The first kappa shape index (κ1) is 16.1. The molecule has 24 heavy (non-hydrogen) atoms. The second-order valence-electron chi connectivity index (χ2n) is 5.45. The number of imidazole rings is 1. The Labute approximate surface area is 138 Å². The van der Waals surface area contributed by atoms with E-state index in [1.807, 2.05) is 0 Å². The number of methoxy groups -OCH3 is 1.